The van der Waals surface area contributed by atoms with Crippen molar-refractivity contribution < 1.29 is 41.3 Å². The van der Waals surface area contributed by atoms with Crippen molar-refractivity contribution in [3.8, 4) is 16.9 Å². The van der Waals surface area contributed by atoms with Gasteiger partial charge in [0.2, 0.25) is 0 Å². The Bertz CT molecular complexity index is 1800. The first kappa shape index (κ1) is 39.8. The summed E-state index contributed by atoms with van der Waals surface area (Å²) in [5.41, 5.74) is 0.0294. The molecule has 0 radical (unpaired) electrons. The molecule has 9 nitrogen and oxygen atoms in total. The summed E-state index contributed by atoms with van der Waals surface area (Å²) in [6.07, 6.45) is -0.501. The van der Waals surface area contributed by atoms with Gasteiger partial charge >= 0.3 is 12.3 Å². The molecule has 0 saturated carbocycles. The van der Waals surface area contributed by atoms with Gasteiger partial charge in [-0.05, 0) is 95.8 Å². The number of fused-ring (bicyclic) bond motifs is 2. The Balaban J connectivity index is 1.40. The molecule has 53 heavy (non-hydrogen) atoms. The van der Waals surface area contributed by atoms with E-state index in [9.17, 15) is 18.0 Å². The van der Waals surface area contributed by atoms with Crippen LogP contribution in [0.5, 0.6) is 5.75 Å². The molecule has 6 rings (SSSR count). The first-order valence-corrected chi connectivity index (χ1v) is 22.3. The second kappa shape index (κ2) is 14.6. The molecule has 1 amide bonds. The molecule has 14 heteroatoms. The summed E-state index contributed by atoms with van der Waals surface area (Å²) in [4.78, 5) is 23.2. The van der Waals surface area contributed by atoms with Crippen LogP contribution in [0.4, 0.5) is 23.7 Å². The summed E-state index contributed by atoms with van der Waals surface area (Å²) < 4.78 is 74.9. The van der Waals surface area contributed by atoms with E-state index >= 15 is 0 Å². The number of hydrogen-bond acceptors (Lipinski definition) is 9. The number of pyridine rings is 1. The number of thiophene rings is 1. The Morgan fingerprint density at radius 1 is 1.08 bits per heavy atom. The topological polar surface area (TPSA) is 82.6 Å². The lowest BCUT2D eigenvalue weighted by Gasteiger charge is -2.38. The molecule has 0 spiro atoms. The highest BCUT2D eigenvalue weighted by Crippen LogP contribution is 2.50. The van der Waals surface area contributed by atoms with Crippen molar-refractivity contribution in [1.29, 1.82) is 0 Å². The Morgan fingerprint density at radius 2 is 1.83 bits per heavy atom. The molecular formula is C39H54F3N3O6SSi. The SMILES string of the molecule is CC(C)(C)OC(=O)N1C[C@@H](N2CCOc3cc(C(F)(F)F)cc(-c4ccnc5cc(CO[Si](C)(C)C(C)(C)C)sc45)c32)C[C@@]1(C)CO[C@H]1CCCCO1. The second-order valence-electron chi connectivity index (χ2n) is 17.3. The fraction of sp³-hybridized carbons (Fsp3) is 0.641. The number of likely N-dealkylation sites (tertiary alicyclic amines) is 1. The highest BCUT2D eigenvalue weighted by molar-refractivity contribution is 7.19. The fourth-order valence-corrected chi connectivity index (χ4v) is 9.15. The predicted molar refractivity (Wildman–Crippen MR) is 204 cm³/mol. The van der Waals surface area contributed by atoms with Crippen LogP contribution in [0.15, 0.2) is 30.5 Å². The molecule has 1 aromatic carbocycles. The van der Waals surface area contributed by atoms with Crippen LogP contribution < -0.4 is 9.64 Å². The van der Waals surface area contributed by atoms with Gasteiger partial charge in [-0.25, -0.2) is 4.79 Å². The molecule has 0 unspecified atom stereocenters. The molecule has 3 aliphatic heterocycles. The summed E-state index contributed by atoms with van der Waals surface area (Å²) in [5.74, 6) is 0.161. The van der Waals surface area contributed by atoms with Crippen molar-refractivity contribution in [1.82, 2.24) is 9.88 Å². The van der Waals surface area contributed by atoms with Gasteiger partial charge in [0.05, 0.1) is 46.8 Å². The Labute approximate surface area is 316 Å². The summed E-state index contributed by atoms with van der Waals surface area (Å²) in [6.45, 7) is 20.6. The van der Waals surface area contributed by atoms with Crippen molar-refractivity contribution in [3.05, 3.63) is 40.9 Å². The lowest BCUT2D eigenvalue weighted by atomic mass is 9.94. The van der Waals surface area contributed by atoms with Crippen LogP contribution in [0.1, 0.15) is 84.6 Å². The molecule has 0 N–H and O–H groups in total. The highest BCUT2D eigenvalue weighted by Gasteiger charge is 2.50. The molecule has 3 aliphatic rings. The zero-order valence-corrected chi connectivity index (χ0v) is 34.3. The smallest absolute Gasteiger partial charge is 0.416 e. The minimum Gasteiger partial charge on any atom is -0.490 e. The number of carbonyl (C=O) groups excluding carboxylic acids is 1. The van der Waals surface area contributed by atoms with E-state index in [-0.39, 0.29) is 36.3 Å². The van der Waals surface area contributed by atoms with Crippen molar-refractivity contribution in [2.45, 2.75) is 129 Å². The number of amides is 1. The number of hydrogen-bond donors (Lipinski definition) is 0. The first-order chi connectivity index (χ1) is 24.7. The van der Waals surface area contributed by atoms with E-state index in [1.54, 1.807) is 17.2 Å². The number of benzene rings is 1. The van der Waals surface area contributed by atoms with Gasteiger partial charge in [-0.15, -0.1) is 11.3 Å². The zero-order chi connectivity index (χ0) is 38.6. The van der Waals surface area contributed by atoms with Gasteiger partial charge in [-0.3, -0.25) is 9.88 Å². The van der Waals surface area contributed by atoms with Gasteiger partial charge in [0.25, 0.3) is 0 Å². The molecule has 0 aliphatic carbocycles. The standard InChI is InChI=1S/C39H54F3N3O6SSi/c1-36(2,3)51-35(46)45-22-26(21-38(45,7)24-49-32-12-10-11-16-48-32)44-15-17-47-31-19-25(39(40,41)42)18-29(33(31)44)28-13-14-43-30-20-27(52-34(28)30)23-50-53(8,9)37(4,5)6/h13-14,18-20,26,32H,10-12,15-17,21-24H2,1-9H3/t26-,32-,38-/m0/s1. The molecule has 3 aromatic rings. The largest absolute Gasteiger partial charge is 0.490 e. The van der Waals surface area contributed by atoms with E-state index in [1.165, 1.54) is 17.4 Å². The number of alkyl halides is 3. The summed E-state index contributed by atoms with van der Waals surface area (Å²) >= 11 is 1.49. The van der Waals surface area contributed by atoms with Crippen LogP contribution in [0, 0.1) is 0 Å². The number of carbonyl (C=O) groups is 1. The Hall–Kier alpha value is -2.91. The van der Waals surface area contributed by atoms with E-state index in [4.69, 9.17) is 23.4 Å². The van der Waals surface area contributed by atoms with Crippen LogP contribution in [-0.4, -0.2) is 80.7 Å². The summed E-state index contributed by atoms with van der Waals surface area (Å²) in [6, 6.07) is 5.81. The van der Waals surface area contributed by atoms with E-state index in [0.29, 0.717) is 55.1 Å². The molecule has 3 atom stereocenters. The van der Waals surface area contributed by atoms with Gasteiger partial charge in [-0.2, -0.15) is 13.2 Å². The number of rotatable bonds is 8. The third-order valence-electron chi connectivity index (χ3n) is 10.9. The van der Waals surface area contributed by atoms with Crippen LogP contribution in [0.2, 0.25) is 18.1 Å². The van der Waals surface area contributed by atoms with Crippen LogP contribution >= 0.6 is 11.3 Å². The normalized spacial score (nSPS) is 22.9. The predicted octanol–water partition coefficient (Wildman–Crippen LogP) is 10.0. The lowest BCUT2D eigenvalue weighted by molar-refractivity contribution is -0.177. The van der Waals surface area contributed by atoms with Gasteiger partial charge in [0.1, 0.15) is 18.0 Å². The van der Waals surface area contributed by atoms with Crippen LogP contribution in [0.25, 0.3) is 21.3 Å². The van der Waals surface area contributed by atoms with Crippen molar-refractivity contribution >= 4 is 41.7 Å². The number of aromatic nitrogens is 1. The van der Waals surface area contributed by atoms with E-state index in [0.717, 1.165) is 34.9 Å². The van der Waals surface area contributed by atoms with Crippen LogP contribution in [-0.2, 0) is 31.4 Å². The third kappa shape index (κ3) is 8.66. The number of nitrogens with zero attached hydrogens (tertiary/aromatic N) is 3. The van der Waals surface area contributed by atoms with Gasteiger partial charge in [0.15, 0.2) is 14.6 Å². The molecule has 5 heterocycles. The van der Waals surface area contributed by atoms with Gasteiger partial charge in [-0.1, -0.05) is 20.8 Å². The van der Waals surface area contributed by atoms with Crippen molar-refractivity contribution in [3.63, 3.8) is 0 Å². The molecule has 292 valence electrons. The monoisotopic (exact) mass is 777 g/mol. The quantitative estimate of drug-likeness (QED) is 0.209. The molecule has 2 saturated heterocycles. The highest BCUT2D eigenvalue weighted by atomic mass is 32.1. The summed E-state index contributed by atoms with van der Waals surface area (Å²) in [5, 5.41) is 0.0266. The molecular weight excluding hydrogens is 724 g/mol. The minimum atomic E-state index is -4.60. The van der Waals surface area contributed by atoms with Gasteiger partial charge < -0.3 is 28.3 Å². The second-order valence-corrected chi connectivity index (χ2v) is 23.2. The minimum absolute atomic E-state index is 0.0266. The number of ether oxygens (including phenoxy) is 4. The molecule has 2 aromatic heterocycles. The van der Waals surface area contributed by atoms with E-state index in [1.807, 2.05) is 33.8 Å². The maximum Gasteiger partial charge on any atom is 0.416 e. The summed E-state index contributed by atoms with van der Waals surface area (Å²) in [7, 11) is -2.06. The number of anilines is 1. The van der Waals surface area contributed by atoms with E-state index < -0.39 is 37.3 Å². The Kier molecular flexibility index (Phi) is 11.0. The van der Waals surface area contributed by atoms with Crippen molar-refractivity contribution in [2.24, 2.45) is 0 Å². The maximum absolute atomic E-state index is 14.5. The lowest BCUT2D eigenvalue weighted by Crippen LogP contribution is -2.50. The van der Waals surface area contributed by atoms with Crippen molar-refractivity contribution in [2.75, 3.05) is 37.8 Å². The first-order valence-electron chi connectivity index (χ1n) is 18.6. The third-order valence-corrected chi connectivity index (χ3v) is 16.5. The maximum atomic E-state index is 14.5. The Morgan fingerprint density at radius 3 is 2.49 bits per heavy atom. The average molecular weight is 778 g/mol. The molecule has 0 bridgehead atoms. The van der Waals surface area contributed by atoms with E-state index in [2.05, 4.69) is 43.7 Å². The fourth-order valence-electron chi connectivity index (χ4n) is 7.04. The average Bonchev–Trinajstić information content (AvgIpc) is 3.65. The van der Waals surface area contributed by atoms with Gasteiger partial charge in [0, 0.05) is 41.4 Å². The zero-order valence-electron chi connectivity index (χ0n) is 32.4. The number of halogens is 3. The molecule has 2 fully saturated rings. The van der Waals surface area contributed by atoms with Crippen LogP contribution in [0.3, 0.4) is 0 Å².